The molecule has 2 rings (SSSR count). The highest BCUT2D eigenvalue weighted by atomic mass is 16.5. The average Bonchev–Trinajstić information content (AvgIpc) is 2.68. The maximum Gasteiger partial charge on any atom is 0.191 e. The van der Waals surface area contributed by atoms with Crippen LogP contribution in [0.4, 0.5) is 0 Å². The molecule has 6 heteroatoms. The Morgan fingerprint density at radius 3 is 2.59 bits per heavy atom. The molecule has 0 aromatic heterocycles. The fourth-order valence-corrected chi connectivity index (χ4v) is 4.02. The SMILES string of the molecule is CCNC(=NCC(C)(C)N1CCOCC1)NCCCCN1CCCCC1C. The van der Waals surface area contributed by atoms with Crippen molar-refractivity contribution in [3.63, 3.8) is 0 Å². The molecule has 0 amide bonds. The van der Waals surface area contributed by atoms with Crippen LogP contribution >= 0.6 is 0 Å². The minimum absolute atomic E-state index is 0.0660. The lowest BCUT2D eigenvalue weighted by molar-refractivity contribution is -0.00683. The van der Waals surface area contributed by atoms with Crippen LogP contribution in [0.2, 0.25) is 0 Å². The Hall–Kier alpha value is -0.850. The molecule has 0 saturated carbocycles. The van der Waals surface area contributed by atoms with Gasteiger partial charge in [0.25, 0.3) is 0 Å². The molecule has 0 spiro atoms. The second-order valence-electron chi connectivity index (χ2n) is 8.62. The van der Waals surface area contributed by atoms with Crippen molar-refractivity contribution in [2.24, 2.45) is 4.99 Å². The number of hydrogen-bond donors (Lipinski definition) is 2. The van der Waals surface area contributed by atoms with Gasteiger partial charge in [-0.15, -0.1) is 0 Å². The summed E-state index contributed by atoms with van der Waals surface area (Å²) in [4.78, 5) is 10.0. The number of hydrogen-bond acceptors (Lipinski definition) is 4. The van der Waals surface area contributed by atoms with E-state index in [1.165, 1.54) is 45.2 Å². The predicted octanol–water partition coefficient (Wildman–Crippen LogP) is 2.31. The number of nitrogens with zero attached hydrogens (tertiary/aromatic N) is 3. The monoisotopic (exact) mass is 381 g/mol. The zero-order valence-corrected chi connectivity index (χ0v) is 18.2. The summed E-state index contributed by atoms with van der Waals surface area (Å²) >= 11 is 0. The first-order valence-corrected chi connectivity index (χ1v) is 11.1. The van der Waals surface area contributed by atoms with E-state index in [9.17, 15) is 0 Å². The van der Waals surface area contributed by atoms with Gasteiger partial charge in [-0.1, -0.05) is 6.42 Å². The van der Waals surface area contributed by atoms with Crippen molar-refractivity contribution in [2.75, 3.05) is 59.0 Å². The second kappa shape index (κ2) is 11.9. The zero-order chi connectivity index (χ0) is 19.5. The summed E-state index contributed by atoms with van der Waals surface area (Å²) in [6, 6.07) is 0.771. The van der Waals surface area contributed by atoms with Gasteiger partial charge in [0, 0.05) is 37.8 Å². The van der Waals surface area contributed by atoms with Gasteiger partial charge >= 0.3 is 0 Å². The van der Waals surface area contributed by atoms with E-state index < -0.39 is 0 Å². The van der Waals surface area contributed by atoms with Gasteiger partial charge in [-0.05, 0) is 66.5 Å². The molecule has 6 nitrogen and oxygen atoms in total. The van der Waals surface area contributed by atoms with E-state index in [4.69, 9.17) is 9.73 Å². The molecule has 2 heterocycles. The molecule has 158 valence electrons. The van der Waals surface area contributed by atoms with Crippen LogP contribution < -0.4 is 10.6 Å². The number of guanidine groups is 1. The normalized spacial score (nSPS) is 23.4. The number of piperidine rings is 1. The van der Waals surface area contributed by atoms with Gasteiger partial charge in [0.1, 0.15) is 0 Å². The van der Waals surface area contributed by atoms with Crippen LogP contribution in [-0.2, 0) is 4.74 Å². The lowest BCUT2D eigenvalue weighted by Gasteiger charge is -2.39. The van der Waals surface area contributed by atoms with Gasteiger partial charge in [0.15, 0.2) is 5.96 Å². The minimum atomic E-state index is 0.0660. The molecule has 2 aliphatic heterocycles. The minimum Gasteiger partial charge on any atom is -0.379 e. The third-order valence-electron chi connectivity index (χ3n) is 5.94. The van der Waals surface area contributed by atoms with Gasteiger partial charge in [0.2, 0.25) is 0 Å². The highest BCUT2D eigenvalue weighted by Gasteiger charge is 2.28. The molecule has 2 fully saturated rings. The molecule has 0 radical (unpaired) electrons. The zero-order valence-electron chi connectivity index (χ0n) is 18.2. The Morgan fingerprint density at radius 1 is 1.11 bits per heavy atom. The molecule has 2 aliphatic rings. The molecular weight excluding hydrogens is 338 g/mol. The lowest BCUT2D eigenvalue weighted by atomic mass is 10.0. The van der Waals surface area contributed by atoms with Crippen molar-refractivity contribution in [3.05, 3.63) is 0 Å². The van der Waals surface area contributed by atoms with Crippen molar-refractivity contribution in [2.45, 2.75) is 71.4 Å². The molecule has 2 saturated heterocycles. The van der Waals surface area contributed by atoms with Crippen molar-refractivity contribution >= 4 is 5.96 Å². The Labute approximate surface area is 167 Å². The van der Waals surface area contributed by atoms with Crippen LogP contribution in [0.25, 0.3) is 0 Å². The topological polar surface area (TPSA) is 52.1 Å². The largest absolute Gasteiger partial charge is 0.379 e. The third kappa shape index (κ3) is 7.96. The second-order valence-corrected chi connectivity index (χ2v) is 8.62. The molecule has 0 aromatic carbocycles. The molecule has 1 unspecified atom stereocenters. The van der Waals surface area contributed by atoms with Crippen molar-refractivity contribution in [1.29, 1.82) is 0 Å². The van der Waals surface area contributed by atoms with E-state index in [2.05, 4.69) is 48.1 Å². The summed E-state index contributed by atoms with van der Waals surface area (Å²) in [5, 5.41) is 6.91. The molecule has 0 aromatic rings. The fourth-order valence-electron chi connectivity index (χ4n) is 4.02. The number of morpholine rings is 1. The summed E-state index contributed by atoms with van der Waals surface area (Å²) in [5.74, 6) is 0.949. The summed E-state index contributed by atoms with van der Waals surface area (Å²) in [6.07, 6.45) is 6.60. The molecule has 2 N–H and O–H groups in total. The molecule has 1 atom stereocenters. The maximum absolute atomic E-state index is 5.48. The van der Waals surface area contributed by atoms with E-state index in [0.717, 1.165) is 57.9 Å². The van der Waals surface area contributed by atoms with Gasteiger partial charge < -0.3 is 20.3 Å². The van der Waals surface area contributed by atoms with Crippen molar-refractivity contribution in [3.8, 4) is 0 Å². The van der Waals surface area contributed by atoms with Crippen LogP contribution in [0, 0.1) is 0 Å². The van der Waals surface area contributed by atoms with Crippen LogP contribution in [0.15, 0.2) is 4.99 Å². The number of aliphatic imine (C=N–C) groups is 1. The van der Waals surface area contributed by atoms with Gasteiger partial charge in [-0.3, -0.25) is 9.89 Å². The predicted molar refractivity (Wildman–Crippen MR) is 115 cm³/mol. The summed E-state index contributed by atoms with van der Waals surface area (Å²) in [5.41, 5.74) is 0.0660. The average molecular weight is 382 g/mol. The van der Waals surface area contributed by atoms with Crippen LogP contribution in [0.5, 0.6) is 0 Å². The van der Waals surface area contributed by atoms with Crippen LogP contribution in [0.1, 0.15) is 59.8 Å². The van der Waals surface area contributed by atoms with Gasteiger partial charge in [-0.2, -0.15) is 0 Å². The quantitative estimate of drug-likeness (QED) is 0.365. The van der Waals surface area contributed by atoms with E-state index in [1.54, 1.807) is 0 Å². The highest BCUT2D eigenvalue weighted by Crippen LogP contribution is 2.17. The smallest absolute Gasteiger partial charge is 0.191 e. The fraction of sp³-hybridized carbons (Fsp3) is 0.952. The first-order valence-electron chi connectivity index (χ1n) is 11.1. The summed E-state index contributed by atoms with van der Waals surface area (Å²) < 4.78 is 5.48. The summed E-state index contributed by atoms with van der Waals surface area (Å²) in [7, 11) is 0. The van der Waals surface area contributed by atoms with Gasteiger partial charge in [-0.25, -0.2) is 0 Å². The Morgan fingerprint density at radius 2 is 1.89 bits per heavy atom. The molecule has 27 heavy (non-hydrogen) atoms. The molecular formula is C21H43N5O. The van der Waals surface area contributed by atoms with Crippen LogP contribution in [0.3, 0.4) is 0 Å². The third-order valence-corrected chi connectivity index (χ3v) is 5.94. The number of ether oxygens (including phenoxy) is 1. The van der Waals surface area contributed by atoms with E-state index >= 15 is 0 Å². The maximum atomic E-state index is 5.48. The van der Waals surface area contributed by atoms with E-state index in [1.807, 2.05) is 0 Å². The number of rotatable bonds is 9. The molecule has 0 aliphatic carbocycles. The lowest BCUT2D eigenvalue weighted by Crippen LogP contribution is -2.52. The standard InChI is InChI=1S/C21H43N5O/c1-5-22-20(24-18-21(3,4)26-14-16-27-17-15-26)23-11-7-9-13-25-12-8-6-10-19(25)2/h19H,5-18H2,1-4H3,(H2,22,23,24). The Kier molecular flexibility index (Phi) is 9.87. The van der Waals surface area contributed by atoms with E-state index in [0.29, 0.717) is 0 Å². The summed E-state index contributed by atoms with van der Waals surface area (Å²) in [6.45, 7) is 18.0. The molecule has 0 bridgehead atoms. The number of unbranched alkanes of at least 4 members (excludes halogenated alkanes) is 1. The highest BCUT2D eigenvalue weighted by molar-refractivity contribution is 5.79. The van der Waals surface area contributed by atoms with Crippen molar-refractivity contribution < 1.29 is 4.74 Å². The first kappa shape index (κ1) is 22.4. The number of likely N-dealkylation sites (tertiary alicyclic amines) is 1. The van der Waals surface area contributed by atoms with Gasteiger partial charge in [0.05, 0.1) is 19.8 Å². The number of nitrogens with one attached hydrogen (secondary N) is 2. The van der Waals surface area contributed by atoms with Crippen molar-refractivity contribution in [1.82, 2.24) is 20.4 Å². The first-order chi connectivity index (χ1) is 13.0. The van der Waals surface area contributed by atoms with Crippen LogP contribution in [-0.4, -0.2) is 86.4 Å². The Bertz CT molecular complexity index is 434. The van der Waals surface area contributed by atoms with E-state index in [-0.39, 0.29) is 5.54 Å². The Balaban J connectivity index is 1.69.